The minimum absolute atomic E-state index is 0.0227. The van der Waals surface area contributed by atoms with Gasteiger partial charge < -0.3 is 15.2 Å². The molecule has 1 rings (SSSR count). The van der Waals surface area contributed by atoms with Gasteiger partial charge in [0.2, 0.25) is 0 Å². The van der Waals surface area contributed by atoms with Gasteiger partial charge in [0.15, 0.2) is 0 Å². The number of halogens is 2. The first-order valence-electron chi connectivity index (χ1n) is 5.55. The van der Waals surface area contributed by atoms with Gasteiger partial charge in [-0.15, -0.1) is 0 Å². The number of benzene rings is 1. The van der Waals surface area contributed by atoms with Gasteiger partial charge in [-0.25, -0.2) is 0 Å². The summed E-state index contributed by atoms with van der Waals surface area (Å²) in [5.74, 6) is -0.402. The summed E-state index contributed by atoms with van der Waals surface area (Å²) in [6, 6.07) is 5.37. The van der Waals surface area contributed by atoms with Crippen molar-refractivity contribution in [3.8, 4) is 0 Å². The average molecular weight is 337 g/mol. The number of hydrogen-bond acceptors (Lipinski definition) is 4. The largest absolute Gasteiger partial charge is 0.466 e. The van der Waals surface area contributed by atoms with Crippen LogP contribution in [0.3, 0.4) is 0 Å². The van der Waals surface area contributed by atoms with Crippen LogP contribution < -0.4 is 5.32 Å². The van der Waals surface area contributed by atoms with E-state index in [1.807, 2.05) is 12.1 Å². The summed E-state index contributed by atoms with van der Waals surface area (Å²) in [7, 11) is 0. The summed E-state index contributed by atoms with van der Waals surface area (Å²) >= 11 is 9.22. The molecule has 0 saturated heterocycles. The van der Waals surface area contributed by atoms with Gasteiger partial charge in [-0.1, -0.05) is 11.6 Å². The summed E-state index contributed by atoms with van der Waals surface area (Å²) < 4.78 is 5.55. The van der Waals surface area contributed by atoms with Gasteiger partial charge in [0.1, 0.15) is 0 Å². The fourth-order valence-electron chi connectivity index (χ4n) is 1.33. The number of carbonyl (C=O) groups excluding carboxylic acids is 1. The smallest absolute Gasteiger partial charge is 0.308 e. The first-order chi connectivity index (χ1) is 8.52. The molecule has 1 aromatic rings. The standard InChI is InChI=1S/C12H15BrClNO3/c1-2-18-12(17)6-9(16)7-15-8-3-4-10(13)11(14)5-8/h3-5,9,15-16H,2,6-7H2,1H3. The molecule has 2 N–H and O–H groups in total. The number of carbonyl (C=O) groups is 1. The van der Waals surface area contributed by atoms with Crippen LogP contribution in [0.4, 0.5) is 5.69 Å². The highest BCUT2D eigenvalue weighted by Gasteiger charge is 2.11. The van der Waals surface area contributed by atoms with Crippen molar-refractivity contribution in [1.29, 1.82) is 0 Å². The fourth-order valence-corrected chi connectivity index (χ4v) is 1.75. The van der Waals surface area contributed by atoms with Crippen molar-refractivity contribution in [1.82, 2.24) is 0 Å². The van der Waals surface area contributed by atoms with Gasteiger partial charge in [-0.05, 0) is 41.1 Å². The van der Waals surface area contributed by atoms with Crippen molar-refractivity contribution in [2.24, 2.45) is 0 Å². The van der Waals surface area contributed by atoms with Gasteiger partial charge in [-0.2, -0.15) is 0 Å². The lowest BCUT2D eigenvalue weighted by atomic mass is 10.2. The Balaban J connectivity index is 2.40. The predicted octanol–water partition coefficient (Wildman–Crippen LogP) is 2.83. The third-order valence-electron chi connectivity index (χ3n) is 2.17. The Morgan fingerprint density at radius 3 is 2.94 bits per heavy atom. The molecule has 1 aromatic carbocycles. The molecule has 0 bridgehead atoms. The molecule has 0 amide bonds. The number of aliphatic hydroxyl groups is 1. The second-order valence-electron chi connectivity index (χ2n) is 3.67. The Morgan fingerprint density at radius 2 is 2.33 bits per heavy atom. The lowest BCUT2D eigenvalue weighted by molar-refractivity contribution is -0.145. The highest BCUT2D eigenvalue weighted by atomic mass is 79.9. The van der Waals surface area contributed by atoms with Gasteiger partial charge in [-0.3, -0.25) is 4.79 Å². The van der Waals surface area contributed by atoms with Gasteiger partial charge in [0.25, 0.3) is 0 Å². The molecule has 0 saturated carbocycles. The molecule has 0 fully saturated rings. The first kappa shape index (κ1) is 15.3. The fraction of sp³-hybridized carbons (Fsp3) is 0.417. The van der Waals surface area contributed by atoms with E-state index in [-0.39, 0.29) is 13.0 Å². The van der Waals surface area contributed by atoms with Crippen LogP contribution in [0.25, 0.3) is 0 Å². The summed E-state index contributed by atoms with van der Waals surface area (Å²) in [6.45, 7) is 2.31. The molecule has 6 heteroatoms. The number of anilines is 1. The molecule has 0 radical (unpaired) electrons. The number of rotatable bonds is 6. The predicted molar refractivity (Wildman–Crippen MR) is 74.9 cm³/mol. The van der Waals surface area contributed by atoms with Crippen LogP contribution in [-0.2, 0) is 9.53 Å². The summed E-state index contributed by atoms with van der Waals surface area (Å²) in [5, 5.41) is 13.2. The van der Waals surface area contributed by atoms with Crippen LogP contribution in [0, 0.1) is 0 Å². The third kappa shape index (κ3) is 5.25. The van der Waals surface area contributed by atoms with Gasteiger partial charge in [0, 0.05) is 16.7 Å². The van der Waals surface area contributed by atoms with Gasteiger partial charge in [0.05, 0.1) is 24.2 Å². The van der Waals surface area contributed by atoms with Crippen LogP contribution in [0.1, 0.15) is 13.3 Å². The zero-order valence-corrected chi connectivity index (χ0v) is 12.3. The molecule has 18 heavy (non-hydrogen) atoms. The van der Waals surface area contributed by atoms with E-state index in [1.165, 1.54) is 0 Å². The normalized spacial score (nSPS) is 12.0. The molecule has 0 aliphatic carbocycles. The SMILES string of the molecule is CCOC(=O)CC(O)CNc1ccc(Br)c(Cl)c1. The van der Waals surface area contributed by atoms with E-state index in [1.54, 1.807) is 13.0 Å². The zero-order valence-electron chi connectivity index (χ0n) is 9.95. The molecule has 0 aromatic heterocycles. The van der Waals surface area contributed by atoms with Crippen molar-refractivity contribution in [3.05, 3.63) is 27.7 Å². The Labute approximate surface area is 119 Å². The third-order valence-corrected chi connectivity index (χ3v) is 3.40. The maximum atomic E-state index is 11.1. The Hall–Kier alpha value is -0.780. The molecule has 0 heterocycles. The topological polar surface area (TPSA) is 58.6 Å². The van der Waals surface area contributed by atoms with Crippen LogP contribution in [0.2, 0.25) is 5.02 Å². The van der Waals surface area contributed by atoms with Crippen molar-refractivity contribution in [2.45, 2.75) is 19.4 Å². The molecule has 0 aliphatic rings. The van der Waals surface area contributed by atoms with Crippen LogP contribution in [-0.4, -0.2) is 30.3 Å². The Kier molecular flexibility index (Phi) is 6.46. The highest BCUT2D eigenvalue weighted by molar-refractivity contribution is 9.10. The van der Waals surface area contributed by atoms with Crippen molar-refractivity contribution >= 4 is 39.2 Å². The second kappa shape index (κ2) is 7.61. The minimum atomic E-state index is -0.786. The van der Waals surface area contributed by atoms with Crippen LogP contribution in [0.15, 0.2) is 22.7 Å². The lowest BCUT2D eigenvalue weighted by Gasteiger charge is -2.12. The summed E-state index contributed by atoms with van der Waals surface area (Å²) in [5.41, 5.74) is 0.783. The van der Waals surface area contributed by atoms with E-state index >= 15 is 0 Å². The van der Waals surface area contributed by atoms with Crippen molar-refractivity contribution in [3.63, 3.8) is 0 Å². The monoisotopic (exact) mass is 335 g/mol. The Morgan fingerprint density at radius 1 is 1.61 bits per heavy atom. The maximum Gasteiger partial charge on any atom is 0.308 e. The number of aliphatic hydroxyl groups excluding tert-OH is 1. The molecule has 1 atom stereocenters. The van der Waals surface area contributed by atoms with Crippen molar-refractivity contribution < 1.29 is 14.6 Å². The van der Waals surface area contributed by atoms with E-state index < -0.39 is 12.1 Å². The molecular weight excluding hydrogens is 321 g/mol. The van der Waals surface area contributed by atoms with Crippen molar-refractivity contribution in [2.75, 3.05) is 18.5 Å². The summed E-state index contributed by atoms with van der Waals surface area (Å²) in [6.07, 6.45) is -0.808. The lowest BCUT2D eigenvalue weighted by Crippen LogP contribution is -2.23. The molecule has 0 aliphatic heterocycles. The van der Waals surface area contributed by atoms with E-state index in [9.17, 15) is 9.90 Å². The molecule has 0 spiro atoms. The highest BCUT2D eigenvalue weighted by Crippen LogP contribution is 2.25. The molecule has 1 unspecified atom stereocenters. The minimum Gasteiger partial charge on any atom is -0.466 e. The number of ether oxygens (including phenoxy) is 1. The second-order valence-corrected chi connectivity index (χ2v) is 4.93. The molecular formula is C12H15BrClNO3. The maximum absolute atomic E-state index is 11.1. The molecule has 100 valence electrons. The molecule has 4 nitrogen and oxygen atoms in total. The van der Waals surface area contributed by atoms with E-state index in [0.717, 1.165) is 10.2 Å². The van der Waals surface area contributed by atoms with Crippen LogP contribution in [0.5, 0.6) is 0 Å². The first-order valence-corrected chi connectivity index (χ1v) is 6.72. The zero-order chi connectivity index (χ0) is 13.5. The quantitative estimate of drug-likeness (QED) is 0.784. The van der Waals surface area contributed by atoms with E-state index in [4.69, 9.17) is 16.3 Å². The van der Waals surface area contributed by atoms with E-state index in [2.05, 4.69) is 21.2 Å². The number of nitrogens with one attached hydrogen (secondary N) is 1. The Bertz CT molecular complexity index is 414. The van der Waals surface area contributed by atoms with Crippen LogP contribution >= 0.6 is 27.5 Å². The number of hydrogen-bond donors (Lipinski definition) is 2. The number of esters is 1. The van der Waals surface area contributed by atoms with Gasteiger partial charge >= 0.3 is 5.97 Å². The average Bonchev–Trinajstić information content (AvgIpc) is 2.31. The summed E-state index contributed by atoms with van der Waals surface area (Å²) in [4.78, 5) is 11.1. The van der Waals surface area contributed by atoms with E-state index in [0.29, 0.717) is 11.6 Å².